The van der Waals surface area contributed by atoms with Crippen LogP contribution in [-0.2, 0) is 7.05 Å². The van der Waals surface area contributed by atoms with Crippen molar-refractivity contribution in [2.45, 2.75) is 6.92 Å². The number of anilines is 1. The van der Waals surface area contributed by atoms with E-state index in [4.69, 9.17) is 0 Å². The number of carboxylic acids is 1. The molecule has 2 heterocycles. The number of halogens is 1. The van der Waals surface area contributed by atoms with Gasteiger partial charge in [0.1, 0.15) is 16.3 Å². The van der Waals surface area contributed by atoms with E-state index in [-0.39, 0.29) is 11.5 Å². The molecule has 1 N–H and O–H groups in total. The van der Waals surface area contributed by atoms with Crippen LogP contribution in [0, 0.1) is 6.92 Å². The lowest BCUT2D eigenvalue weighted by atomic mass is 10.2. The number of rotatable bonds is 3. The fourth-order valence-corrected chi connectivity index (χ4v) is 3.20. The Morgan fingerprint density at radius 1 is 1.50 bits per heavy atom. The minimum Gasteiger partial charge on any atom is -0.478 e. The molecule has 0 fully saturated rings. The van der Waals surface area contributed by atoms with Gasteiger partial charge in [-0.1, -0.05) is 0 Å². The highest BCUT2D eigenvalue weighted by atomic mass is 79.9. The summed E-state index contributed by atoms with van der Waals surface area (Å²) >= 11 is 4.30. The molecule has 0 aliphatic carbocycles. The van der Waals surface area contributed by atoms with Crippen molar-refractivity contribution in [3.63, 3.8) is 0 Å². The minimum atomic E-state index is -1.08. The molecule has 0 aliphatic heterocycles. The van der Waals surface area contributed by atoms with Gasteiger partial charge in [-0.05, 0) is 40.5 Å². The summed E-state index contributed by atoms with van der Waals surface area (Å²) in [7, 11) is 3.30. The molecule has 0 radical (unpaired) electrons. The largest absolute Gasteiger partial charge is 0.478 e. The molecule has 2 rings (SSSR count). The van der Waals surface area contributed by atoms with E-state index in [0.29, 0.717) is 16.4 Å². The molecule has 6 nitrogen and oxygen atoms in total. The zero-order valence-electron chi connectivity index (χ0n) is 11.0. The fourth-order valence-electron chi connectivity index (χ4n) is 1.83. The van der Waals surface area contributed by atoms with Crippen molar-refractivity contribution < 1.29 is 14.7 Å². The Morgan fingerprint density at radius 2 is 2.15 bits per heavy atom. The van der Waals surface area contributed by atoms with Gasteiger partial charge in [0.15, 0.2) is 0 Å². The first-order valence-electron chi connectivity index (χ1n) is 5.62. The Morgan fingerprint density at radius 3 is 2.65 bits per heavy atom. The molecule has 20 heavy (non-hydrogen) atoms. The summed E-state index contributed by atoms with van der Waals surface area (Å²) in [4.78, 5) is 25.0. The molecular weight excluding hydrogens is 346 g/mol. The predicted molar refractivity (Wildman–Crippen MR) is 79.7 cm³/mol. The standard InChI is InChI=1S/C12H12BrN3O3S/c1-6-9(12(18)19)11(20-14-6)16(3)10(17)8-4-7(13)5-15(8)2/h4-5H,1-3H3,(H,18,19). The molecule has 2 aromatic heterocycles. The maximum atomic E-state index is 12.4. The predicted octanol–water partition coefficient (Wildman–Crippen LogP) is 2.53. The maximum absolute atomic E-state index is 12.4. The zero-order chi connectivity index (χ0) is 15.0. The van der Waals surface area contributed by atoms with E-state index < -0.39 is 5.97 Å². The fraction of sp³-hybridized carbons (Fsp3) is 0.250. The van der Waals surface area contributed by atoms with Crippen LogP contribution in [0.1, 0.15) is 26.5 Å². The maximum Gasteiger partial charge on any atom is 0.340 e. The van der Waals surface area contributed by atoms with Crippen LogP contribution in [0.5, 0.6) is 0 Å². The molecule has 1 amide bonds. The molecule has 8 heteroatoms. The van der Waals surface area contributed by atoms with Crippen molar-refractivity contribution in [2.75, 3.05) is 11.9 Å². The molecule has 0 bridgehead atoms. The van der Waals surface area contributed by atoms with E-state index >= 15 is 0 Å². The van der Waals surface area contributed by atoms with Crippen LogP contribution in [0.3, 0.4) is 0 Å². The van der Waals surface area contributed by atoms with Crippen molar-refractivity contribution in [1.29, 1.82) is 0 Å². The van der Waals surface area contributed by atoms with Crippen LogP contribution in [0.4, 0.5) is 5.00 Å². The van der Waals surface area contributed by atoms with Crippen molar-refractivity contribution in [1.82, 2.24) is 8.94 Å². The monoisotopic (exact) mass is 357 g/mol. The van der Waals surface area contributed by atoms with Crippen molar-refractivity contribution in [3.8, 4) is 0 Å². The second-order valence-electron chi connectivity index (χ2n) is 4.27. The number of aromatic nitrogens is 2. The number of aromatic carboxylic acids is 1. The van der Waals surface area contributed by atoms with Crippen molar-refractivity contribution in [2.24, 2.45) is 7.05 Å². The summed E-state index contributed by atoms with van der Waals surface area (Å²) in [5.74, 6) is -1.37. The number of aryl methyl sites for hydroxylation is 2. The Hall–Kier alpha value is -1.67. The Kier molecular flexibility index (Phi) is 3.96. The Bertz CT molecular complexity index is 692. The summed E-state index contributed by atoms with van der Waals surface area (Å²) in [6.45, 7) is 1.61. The van der Waals surface area contributed by atoms with E-state index in [1.165, 1.54) is 4.90 Å². The van der Waals surface area contributed by atoms with E-state index in [0.717, 1.165) is 16.0 Å². The number of amides is 1. The van der Waals surface area contributed by atoms with Crippen LogP contribution in [0.25, 0.3) is 0 Å². The molecule has 0 saturated carbocycles. The molecule has 0 unspecified atom stereocenters. The van der Waals surface area contributed by atoms with Crippen LogP contribution < -0.4 is 4.90 Å². The highest BCUT2D eigenvalue weighted by molar-refractivity contribution is 9.10. The van der Waals surface area contributed by atoms with Gasteiger partial charge in [0.05, 0.1) is 5.69 Å². The molecule has 0 atom stereocenters. The van der Waals surface area contributed by atoms with Gasteiger partial charge >= 0.3 is 5.97 Å². The molecule has 106 valence electrons. The second-order valence-corrected chi connectivity index (χ2v) is 5.94. The van der Waals surface area contributed by atoms with Gasteiger partial charge in [-0.3, -0.25) is 9.69 Å². The first-order valence-corrected chi connectivity index (χ1v) is 7.19. The summed E-state index contributed by atoms with van der Waals surface area (Å²) in [6, 6.07) is 1.69. The molecule has 0 aromatic carbocycles. The third-order valence-electron chi connectivity index (χ3n) is 2.86. The number of carbonyl (C=O) groups is 2. The molecule has 0 spiro atoms. The number of carbonyl (C=O) groups excluding carboxylic acids is 1. The molecule has 2 aromatic rings. The van der Waals surface area contributed by atoms with Crippen LogP contribution >= 0.6 is 27.5 Å². The highest BCUT2D eigenvalue weighted by Crippen LogP contribution is 2.29. The zero-order valence-corrected chi connectivity index (χ0v) is 13.4. The SMILES string of the molecule is Cc1nsc(N(C)C(=O)c2cc(Br)cn2C)c1C(=O)O. The van der Waals surface area contributed by atoms with Gasteiger partial charge < -0.3 is 9.67 Å². The summed E-state index contributed by atoms with van der Waals surface area (Å²) < 4.78 is 6.48. The first kappa shape index (κ1) is 14.7. The average Bonchev–Trinajstić information content (AvgIpc) is 2.90. The van der Waals surface area contributed by atoms with Crippen LogP contribution in [0.15, 0.2) is 16.7 Å². The molecular formula is C12H12BrN3O3S. The number of nitrogens with zero attached hydrogens (tertiary/aromatic N) is 3. The lowest BCUT2D eigenvalue weighted by Gasteiger charge is -2.16. The Labute approximate surface area is 127 Å². The number of carboxylic acid groups (broad SMARTS) is 1. The van der Waals surface area contributed by atoms with E-state index in [1.807, 2.05) is 0 Å². The van der Waals surface area contributed by atoms with Gasteiger partial charge in [-0.2, -0.15) is 4.37 Å². The number of hydrogen-bond acceptors (Lipinski definition) is 4. The highest BCUT2D eigenvalue weighted by Gasteiger charge is 2.25. The summed E-state index contributed by atoms with van der Waals surface area (Å²) in [5.41, 5.74) is 0.936. The number of hydrogen-bond donors (Lipinski definition) is 1. The molecule has 0 saturated heterocycles. The second kappa shape index (κ2) is 5.37. The first-order chi connectivity index (χ1) is 9.32. The van der Waals surface area contributed by atoms with E-state index in [2.05, 4.69) is 20.3 Å². The summed E-state index contributed by atoms with van der Waals surface area (Å²) in [5, 5.41) is 9.54. The quantitative estimate of drug-likeness (QED) is 0.915. The average molecular weight is 358 g/mol. The van der Waals surface area contributed by atoms with Crippen molar-refractivity contribution >= 4 is 44.3 Å². The minimum absolute atomic E-state index is 0.0686. The molecule has 0 aliphatic rings. The van der Waals surface area contributed by atoms with Gasteiger partial charge in [-0.25, -0.2) is 4.79 Å². The topological polar surface area (TPSA) is 75.4 Å². The smallest absolute Gasteiger partial charge is 0.340 e. The van der Waals surface area contributed by atoms with Gasteiger partial charge in [0.2, 0.25) is 0 Å². The van der Waals surface area contributed by atoms with Gasteiger partial charge in [0.25, 0.3) is 5.91 Å². The van der Waals surface area contributed by atoms with Gasteiger partial charge in [0, 0.05) is 24.8 Å². The van der Waals surface area contributed by atoms with Crippen molar-refractivity contribution in [3.05, 3.63) is 33.7 Å². The van der Waals surface area contributed by atoms with Crippen LogP contribution in [0.2, 0.25) is 0 Å². The lowest BCUT2D eigenvalue weighted by Crippen LogP contribution is -2.28. The summed E-state index contributed by atoms with van der Waals surface area (Å²) in [6.07, 6.45) is 1.76. The lowest BCUT2D eigenvalue weighted by molar-refractivity contribution is 0.0697. The van der Waals surface area contributed by atoms with Gasteiger partial charge in [-0.15, -0.1) is 0 Å². The third kappa shape index (κ3) is 2.48. The van der Waals surface area contributed by atoms with E-state index in [9.17, 15) is 14.7 Å². The van der Waals surface area contributed by atoms with E-state index in [1.54, 1.807) is 37.8 Å². The normalized spacial score (nSPS) is 10.6. The van der Waals surface area contributed by atoms with Crippen LogP contribution in [-0.4, -0.2) is 33.0 Å². The Balaban J connectivity index is 2.42. The third-order valence-corrected chi connectivity index (χ3v) is 4.31.